The highest BCUT2D eigenvalue weighted by molar-refractivity contribution is 5.82. The second-order valence-electron chi connectivity index (χ2n) is 6.30. The second kappa shape index (κ2) is 5.02. The Labute approximate surface area is 114 Å². The minimum Gasteiger partial charge on any atom is -0.464 e. The molecule has 2 unspecified atom stereocenters. The largest absolute Gasteiger partial charge is 0.464 e. The SMILES string of the molecule is CCOC(=O)[C@H]1CCC2CC2N1C(=O)OC(C)(C)C. The third-order valence-corrected chi connectivity index (χ3v) is 3.55. The Balaban J connectivity index is 2.09. The first-order valence-electron chi connectivity index (χ1n) is 7.01. The normalized spacial score (nSPS) is 29.5. The summed E-state index contributed by atoms with van der Waals surface area (Å²) in [5, 5.41) is 0. The molecule has 1 saturated heterocycles. The molecule has 0 aromatic heterocycles. The predicted octanol–water partition coefficient (Wildman–Crippen LogP) is 2.34. The van der Waals surface area contributed by atoms with Crippen LogP contribution in [0.25, 0.3) is 0 Å². The van der Waals surface area contributed by atoms with E-state index in [4.69, 9.17) is 9.47 Å². The standard InChI is InChI=1S/C14H23NO4/c1-5-18-12(16)10-7-6-9-8-11(9)15(10)13(17)19-14(2,3)4/h9-11H,5-8H2,1-4H3/t9?,10-,11?/m1/s1. The molecule has 19 heavy (non-hydrogen) atoms. The van der Waals surface area contributed by atoms with Crippen molar-refractivity contribution in [1.82, 2.24) is 4.90 Å². The van der Waals surface area contributed by atoms with Gasteiger partial charge in [-0.05, 0) is 52.9 Å². The van der Waals surface area contributed by atoms with Crippen LogP contribution in [0.15, 0.2) is 0 Å². The van der Waals surface area contributed by atoms with Gasteiger partial charge in [-0.3, -0.25) is 4.90 Å². The Morgan fingerprint density at radius 3 is 2.53 bits per heavy atom. The molecule has 2 fully saturated rings. The van der Waals surface area contributed by atoms with Crippen LogP contribution < -0.4 is 0 Å². The van der Waals surface area contributed by atoms with Gasteiger partial charge in [0.15, 0.2) is 0 Å². The van der Waals surface area contributed by atoms with E-state index in [2.05, 4.69) is 0 Å². The van der Waals surface area contributed by atoms with Crippen LogP contribution in [0, 0.1) is 5.92 Å². The molecular weight excluding hydrogens is 246 g/mol. The molecular formula is C14H23NO4. The Morgan fingerprint density at radius 1 is 1.26 bits per heavy atom. The van der Waals surface area contributed by atoms with Crippen LogP contribution in [0.3, 0.4) is 0 Å². The van der Waals surface area contributed by atoms with Crippen molar-refractivity contribution in [1.29, 1.82) is 0 Å². The van der Waals surface area contributed by atoms with Gasteiger partial charge >= 0.3 is 12.1 Å². The molecule has 5 heteroatoms. The van der Waals surface area contributed by atoms with E-state index >= 15 is 0 Å². The number of likely N-dealkylation sites (tertiary alicyclic amines) is 1. The number of hydrogen-bond acceptors (Lipinski definition) is 4. The van der Waals surface area contributed by atoms with E-state index < -0.39 is 17.7 Å². The van der Waals surface area contributed by atoms with E-state index in [0.717, 1.165) is 12.8 Å². The van der Waals surface area contributed by atoms with Crippen LogP contribution in [0.1, 0.15) is 47.0 Å². The lowest BCUT2D eigenvalue weighted by Gasteiger charge is -2.35. The quantitative estimate of drug-likeness (QED) is 0.722. The number of carbonyl (C=O) groups excluding carboxylic acids is 2. The van der Waals surface area contributed by atoms with E-state index in [1.54, 1.807) is 11.8 Å². The van der Waals surface area contributed by atoms with E-state index in [-0.39, 0.29) is 12.0 Å². The fourth-order valence-electron chi connectivity index (χ4n) is 2.67. The summed E-state index contributed by atoms with van der Waals surface area (Å²) in [6.07, 6.45) is 2.26. The topological polar surface area (TPSA) is 55.8 Å². The zero-order chi connectivity index (χ0) is 14.2. The summed E-state index contributed by atoms with van der Waals surface area (Å²) in [7, 11) is 0. The van der Waals surface area contributed by atoms with Crippen molar-refractivity contribution in [3.63, 3.8) is 0 Å². The van der Waals surface area contributed by atoms with Gasteiger partial charge in [0.2, 0.25) is 0 Å². The van der Waals surface area contributed by atoms with Crippen LogP contribution in [0.5, 0.6) is 0 Å². The summed E-state index contributed by atoms with van der Waals surface area (Å²) in [4.78, 5) is 25.8. The third-order valence-electron chi connectivity index (χ3n) is 3.55. The number of amides is 1. The van der Waals surface area contributed by atoms with Gasteiger partial charge < -0.3 is 9.47 Å². The number of nitrogens with zero attached hydrogens (tertiary/aromatic N) is 1. The van der Waals surface area contributed by atoms with Crippen molar-refractivity contribution in [3.8, 4) is 0 Å². The van der Waals surface area contributed by atoms with E-state index in [9.17, 15) is 9.59 Å². The second-order valence-corrected chi connectivity index (χ2v) is 6.30. The Hall–Kier alpha value is -1.26. The van der Waals surface area contributed by atoms with Crippen molar-refractivity contribution in [2.45, 2.75) is 64.6 Å². The maximum absolute atomic E-state index is 12.3. The number of hydrogen-bond donors (Lipinski definition) is 0. The molecule has 3 atom stereocenters. The summed E-state index contributed by atoms with van der Waals surface area (Å²) in [6, 6.07) is -0.309. The first-order chi connectivity index (χ1) is 8.83. The van der Waals surface area contributed by atoms with E-state index in [0.29, 0.717) is 18.9 Å². The van der Waals surface area contributed by atoms with Gasteiger partial charge in [0, 0.05) is 6.04 Å². The minimum absolute atomic E-state index is 0.165. The number of piperidine rings is 1. The molecule has 1 saturated carbocycles. The molecule has 0 aromatic rings. The Morgan fingerprint density at radius 2 is 1.95 bits per heavy atom. The van der Waals surface area contributed by atoms with Gasteiger partial charge in [0.1, 0.15) is 11.6 Å². The highest BCUT2D eigenvalue weighted by Gasteiger charge is 2.53. The first kappa shape index (κ1) is 14.2. The van der Waals surface area contributed by atoms with Crippen molar-refractivity contribution < 1.29 is 19.1 Å². The number of esters is 1. The lowest BCUT2D eigenvalue weighted by Crippen LogP contribution is -2.51. The van der Waals surface area contributed by atoms with Crippen molar-refractivity contribution in [2.24, 2.45) is 5.92 Å². The van der Waals surface area contributed by atoms with Crippen molar-refractivity contribution >= 4 is 12.1 Å². The van der Waals surface area contributed by atoms with Crippen LogP contribution in [0.4, 0.5) is 4.79 Å². The van der Waals surface area contributed by atoms with E-state index in [1.807, 2.05) is 20.8 Å². The first-order valence-corrected chi connectivity index (χ1v) is 7.01. The molecule has 1 aliphatic carbocycles. The summed E-state index contributed by atoms with van der Waals surface area (Å²) in [6.45, 7) is 7.61. The number of rotatable bonds is 2. The fourth-order valence-corrected chi connectivity index (χ4v) is 2.67. The minimum atomic E-state index is -0.544. The van der Waals surface area contributed by atoms with Gasteiger partial charge in [0.25, 0.3) is 0 Å². The summed E-state index contributed by atoms with van der Waals surface area (Å²) in [5.74, 6) is 0.233. The molecule has 2 rings (SSSR count). The average Bonchev–Trinajstić information content (AvgIpc) is 3.04. The third kappa shape index (κ3) is 3.19. The fraction of sp³-hybridized carbons (Fsp3) is 0.857. The highest BCUT2D eigenvalue weighted by atomic mass is 16.6. The molecule has 0 radical (unpaired) electrons. The van der Waals surface area contributed by atoms with Crippen molar-refractivity contribution in [2.75, 3.05) is 6.61 Å². The summed E-state index contributed by atoms with van der Waals surface area (Å²) < 4.78 is 10.5. The van der Waals surface area contributed by atoms with Gasteiger partial charge in [0.05, 0.1) is 6.61 Å². The lowest BCUT2D eigenvalue weighted by atomic mass is 10.0. The van der Waals surface area contributed by atoms with Gasteiger partial charge in [-0.1, -0.05) is 0 Å². The van der Waals surface area contributed by atoms with Crippen LogP contribution in [-0.4, -0.2) is 41.3 Å². The number of fused-ring (bicyclic) bond motifs is 1. The lowest BCUT2D eigenvalue weighted by molar-refractivity contribution is -0.150. The molecule has 1 aliphatic heterocycles. The molecule has 2 aliphatic rings. The smallest absolute Gasteiger partial charge is 0.411 e. The zero-order valence-corrected chi connectivity index (χ0v) is 12.1. The molecule has 108 valence electrons. The predicted molar refractivity (Wildman–Crippen MR) is 69.6 cm³/mol. The molecule has 0 aromatic carbocycles. The molecule has 0 spiro atoms. The van der Waals surface area contributed by atoms with Crippen LogP contribution >= 0.6 is 0 Å². The molecule has 1 amide bonds. The number of ether oxygens (including phenoxy) is 2. The van der Waals surface area contributed by atoms with E-state index in [1.165, 1.54) is 0 Å². The van der Waals surface area contributed by atoms with Gasteiger partial charge in [-0.15, -0.1) is 0 Å². The Kier molecular flexibility index (Phi) is 3.74. The maximum atomic E-state index is 12.3. The number of carbonyl (C=O) groups is 2. The van der Waals surface area contributed by atoms with Crippen LogP contribution in [-0.2, 0) is 14.3 Å². The maximum Gasteiger partial charge on any atom is 0.411 e. The molecule has 0 bridgehead atoms. The average molecular weight is 269 g/mol. The zero-order valence-electron chi connectivity index (χ0n) is 12.1. The summed E-state index contributed by atoms with van der Waals surface area (Å²) >= 11 is 0. The molecule has 5 nitrogen and oxygen atoms in total. The van der Waals surface area contributed by atoms with Gasteiger partial charge in [-0.2, -0.15) is 0 Å². The monoisotopic (exact) mass is 269 g/mol. The van der Waals surface area contributed by atoms with Crippen molar-refractivity contribution in [3.05, 3.63) is 0 Å². The molecule has 1 heterocycles. The molecule has 0 N–H and O–H groups in total. The highest BCUT2D eigenvalue weighted by Crippen LogP contribution is 2.46. The van der Waals surface area contributed by atoms with Gasteiger partial charge in [-0.25, -0.2) is 9.59 Å². The summed E-state index contributed by atoms with van der Waals surface area (Å²) in [5.41, 5.74) is -0.544. The Bertz CT molecular complexity index is 374. The van der Waals surface area contributed by atoms with Crippen LogP contribution in [0.2, 0.25) is 0 Å².